The average molecular weight is 338 g/mol. The van der Waals surface area contributed by atoms with Crippen LogP contribution in [0.4, 0.5) is 5.82 Å². The number of nitrogens with zero attached hydrogens (tertiary/aromatic N) is 2. The van der Waals surface area contributed by atoms with Gasteiger partial charge in [-0.25, -0.2) is 9.78 Å². The first kappa shape index (κ1) is 18.1. The Kier molecular flexibility index (Phi) is 6.72. The molecule has 0 bridgehead atoms. The number of unbranched alkanes of at least 4 members (excludes halogenated alkanes) is 1. The predicted molar refractivity (Wildman–Crippen MR) is 94.0 cm³/mol. The highest BCUT2D eigenvalue weighted by Crippen LogP contribution is 2.33. The van der Waals surface area contributed by atoms with E-state index in [1.807, 2.05) is 13.8 Å². The van der Waals surface area contributed by atoms with Crippen molar-refractivity contribution in [3.63, 3.8) is 0 Å². The van der Waals surface area contributed by atoms with Crippen LogP contribution in [0.5, 0.6) is 0 Å². The summed E-state index contributed by atoms with van der Waals surface area (Å²) >= 11 is 1.51. The Hall–Kier alpha value is -1.27. The van der Waals surface area contributed by atoms with Crippen LogP contribution in [0.2, 0.25) is 0 Å². The molecule has 23 heavy (non-hydrogen) atoms. The fraction of sp³-hybridized carbons (Fsp3) is 0.647. The fourth-order valence-electron chi connectivity index (χ4n) is 2.88. The molecule has 1 aromatic heterocycles. The summed E-state index contributed by atoms with van der Waals surface area (Å²) in [6.45, 7) is 9.13. The standard InChI is InChI=1S/C17H26N2O3S/c1-4-6-7-13-12(3)14(17(20)21)16(23-5-2)18-15(13)19-8-10-22-11-9-19/h4-11H2,1-3H3,(H,20,21). The van der Waals surface area contributed by atoms with Gasteiger partial charge < -0.3 is 14.7 Å². The Balaban J connectivity index is 2.53. The Morgan fingerprint density at radius 1 is 1.35 bits per heavy atom. The van der Waals surface area contributed by atoms with Crippen LogP contribution in [-0.4, -0.2) is 48.1 Å². The number of anilines is 1. The van der Waals surface area contributed by atoms with Crippen LogP contribution >= 0.6 is 11.8 Å². The highest BCUT2D eigenvalue weighted by atomic mass is 32.2. The van der Waals surface area contributed by atoms with Gasteiger partial charge in [-0.15, -0.1) is 11.8 Å². The summed E-state index contributed by atoms with van der Waals surface area (Å²) < 4.78 is 5.44. The molecule has 1 aromatic rings. The van der Waals surface area contributed by atoms with Crippen molar-refractivity contribution in [3.05, 3.63) is 16.7 Å². The molecule has 1 N–H and O–H groups in total. The van der Waals surface area contributed by atoms with E-state index < -0.39 is 5.97 Å². The quantitative estimate of drug-likeness (QED) is 0.769. The third-order valence-electron chi connectivity index (χ3n) is 4.10. The number of thioether (sulfide) groups is 1. The van der Waals surface area contributed by atoms with Gasteiger partial charge in [-0.05, 0) is 36.6 Å². The van der Waals surface area contributed by atoms with Gasteiger partial charge in [0.05, 0.1) is 18.8 Å². The minimum absolute atomic E-state index is 0.375. The lowest BCUT2D eigenvalue weighted by atomic mass is 9.99. The Morgan fingerprint density at radius 2 is 2.04 bits per heavy atom. The van der Waals surface area contributed by atoms with Crippen molar-refractivity contribution in [2.24, 2.45) is 0 Å². The third kappa shape index (κ3) is 4.18. The first-order chi connectivity index (χ1) is 11.1. The third-order valence-corrected chi connectivity index (χ3v) is 4.96. The van der Waals surface area contributed by atoms with Crippen molar-refractivity contribution in [2.45, 2.75) is 45.1 Å². The molecule has 0 spiro atoms. The van der Waals surface area contributed by atoms with Crippen LogP contribution in [0, 0.1) is 6.92 Å². The van der Waals surface area contributed by atoms with Crippen LogP contribution in [0.3, 0.4) is 0 Å². The first-order valence-electron chi connectivity index (χ1n) is 8.32. The maximum Gasteiger partial charge on any atom is 0.338 e. The van der Waals surface area contributed by atoms with Crippen LogP contribution in [0.1, 0.15) is 48.2 Å². The van der Waals surface area contributed by atoms with Gasteiger partial charge in [0, 0.05) is 13.1 Å². The van der Waals surface area contributed by atoms with Crippen LogP contribution < -0.4 is 4.90 Å². The van der Waals surface area contributed by atoms with E-state index in [0.29, 0.717) is 23.8 Å². The molecular weight excluding hydrogens is 312 g/mol. The topological polar surface area (TPSA) is 62.7 Å². The summed E-state index contributed by atoms with van der Waals surface area (Å²) in [5.41, 5.74) is 2.34. The van der Waals surface area contributed by atoms with Gasteiger partial charge in [0.25, 0.3) is 0 Å². The van der Waals surface area contributed by atoms with Gasteiger partial charge in [-0.2, -0.15) is 0 Å². The van der Waals surface area contributed by atoms with E-state index in [-0.39, 0.29) is 0 Å². The van der Waals surface area contributed by atoms with Crippen LogP contribution in [0.25, 0.3) is 0 Å². The van der Waals surface area contributed by atoms with E-state index in [2.05, 4.69) is 11.8 Å². The maximum absolute atomic E-state index is 11.7. The number of hydrogen-bond donors (Lipinski definition) is 1. The minimum atomic E-state index is -0.878. The van der Waals surface area contributed by atoms with Crippen molar-refractivity contribution < 1.29 is 14.6 Å². The Morgan fingerprint density at radius 3 is 2.61 bits per heavy atom. The van der Waals surface area contributed by atoms with Crippen molar-refractivity contribution in [3.8, 4) is 0 Å². The van der Waals surface area contributed by atoms with E-state index in [0.717, 1.165) is 55.0 Å². The number of hydrogen-bond acceptors (Lipinski definition) is 5. The van der Waals surface area contributed by atoms with Crippen LogP contribution in [-0.2, 0) is 11.2 Å². The van der Waals surface area contributed by atoms with E-state index in [9.17, 15) is 9.90 Å². The molecule has 0 atom stereocenters. The van der Waals surface area contributed by atoms with E-state index in [4.69, 9.17) is 9.72 Å². The summed E-state index contributed by atoms with van der Waals surface area (Å²) in [5.74, 6) is 0.890. The number of ether oxygens (including phenoxy) is 1. The fourth-order valence-corrected chi connectivity index (χ4v) is 3.69. The van der Waals surface area contributed by atoms with E-state index in [1.165, 1.54) is 11.8 Å². The summed E-state index contributed by atoms with van der Waals surface area (Å²) in [7, 11) is 0. The number of rotatable bonds is 7. The monoisotopic (exact) mass is 338 g/mol. The molecule has 0 aliphatic carbocycles. The second-order valence-electron chi connectivity index (χ2n) is 5.66. The van der Waals surface area contributed by atoms with Crippen molar-refractivity contribution in [2.75, 3.05) is 37.0 Å². The molecule has 128 valence electrons. The Labute approximate surface area is 142 Å². The number of carbonyl (C=O) groups is 1. The van der Waals surface area contributed by atoms with Crippen molar-refractivity contribution >= 4 is 23.5 Å². The number of pyridine rings is 1. The molecule has 2 rings (SSSR count). The summed E-state index contributed by atoms with van der Waals surface area (Å²) in [6, 6.07) is 0. The lowest BCUT2D eigenvalue weighted by Gasteiger charge is -2.31. The molecule has 5 nitrogen and oxygen atoms in total. The van der Waals surface area contributed by atoms with Gasteiger partial charge in [-0.1, -0.05) is 20.3 Å². The second-order valence-corrected chi connectivity index (χ2v) is 6.91. The SMILES string of the molecule is CCCCc1c(N2CCOCC2)nc(SCC)c(C(=O)O)c1C. The zero-order chi connectivity index (χ0) is 16.8. The van der Waals surface area contributed by atoms with Gasteiger partial charge in [0.1, 0.15) is 10.8 Å². The number of carboxylic acid groups (broad SMARTS) is 1. The zero-order valence-electron chi connectivity index (χ0n) is 14.2. The average Bonchev–Trinajstić information content (AvgIpc) is 2.54. The summed E-state index contributed by atoms with van der Waals surface area (Å²) in [6.07, 6.45) is 2.99. The van der Waals surface area contributed by atoms with Gasteiger partial charge in [0.15, 0.2) is 0 Å². The largest absolute Gasteiger partial charge is 0.478 e. The zero-order valence-corrected chi connectivity index (χ0v) is 15.0. The molecule has 0 aromatic carbocycles. The van der Waals surface area contributed by atoms with E-state index >= 15 is 0 Å². The summed E-state index contributed by atoms with van der Waals surface area (Å²) in [4.78, 5) is 18.8. The predicted octanol–water partition coefficient (Wildman–Crippen LogP) is 3.38. The molecule has 1 fully saturated rings. The number of morpholine rings is 1. The second kappa shape index (κ2) is 8.55. The van der Waals surface area contributed by atoms with Gasteiger partial charge in [-0.3, -0.25) is 0 Å². The smallest absolute Gasteiger partial charge is 0.338 e. The molecule has 0 radical (unpaired) electrons. The number of carboxylic acids is 1. The van der Waals surface area contributed by atoms with E-state index in [1.54, 1.807) is 0 Å². The molecule has 6 heteroatoms. The van der Waals surface area contributed by atoms with Crippen molar-refractivity contribution in [1.82, 2.24) is 4.98 Å². The van der Waals surface area contributed by atoms with Gasteiger partial charge >= 0.3 is 5.97 Å². The Bertz CT molecular complexity index is 557. The van der Waals surface area contributed by atoms with Crippen molar-refractivity contribution in [1.29, 1.82) is 0 Å². The van der Waals surface area contributed by atoms with Crippen LogP contribution in [0.15, 0.2) is 5.03 Å². The molecule has 1 aliphatic heterocycles. The summed E-state index contributed by atoms with van der Waals surface area (Å²) in [5, 5.41) is 10.3. The lowest BCUT2D eigenvalue weighted by molar-refractivity contribution is 0.0691. The molecule has 0 saturated carbocycles. The number of aromatic nitrogens is 1. The van der Waals surface area contributed by atoms with Gasteiger partial charge in [0.2, 0.25) is 0 Å². The maximum atomic E-state index is 11.7. The first-order valence-corrected chi connectivity index (χ1v) is 9.30. The molecule has 1 saturated heterocycles. The lowest BCUT2D eigenvalue weighted by Crippen LogP contribution is -2.37. The highest BCUT2D eigenvalue weighted by Gasteiger charge is 2.25. The normalized spacial score (nSPS) is 15.0. The molecule has 0 unspecified atom stereocenters. The molecule has 0 amide bonds. The number of aromatic carboxylic acids is 1. The molecular formula is C17H26N2O3S. The highest BCUT2D eigenvalue weighted by molar-refractivity contribution is 7.99. The molecule has 2 heterocycles. The minimum Gasteiger partial charge on any atom is -0.478 e. The molecule has 1 aliphatic rings.